The number of ether oxygens (including phenoxy) is 1. The van der Waals surface area contributed by atoms with E-state index in [0.717, 1.165) is 19.3 Å². The standard InChI is InChI=1S/C11H16O2/c12-8-9(1-2-9)7-10(3-4-10)13-11(8)5-6-11/h8,12H,1-7H2/t8-/m1/s1. The number of aliphatic hydroxyl groups excluding tert-OH is 1. The van der Waals surface area contributed by atoms with Gasteiger partial charge >= 0.3 is 0 Å². The zero-order chi connectivity index (χ0) is 8.73. The number of hydrogen-bond acceptors (Lipinski definition) is 2. The molecular formula is C11H16O2. The van der Waals surface area contributed by atoms with E-state index in [1.807, 2.05) is 0 Å². The van der Waals surface area contributed by atoms with Gasteiger partial charge in [0.05, 0.1) is 17.3 Å². The third kappa shape index (κ3) is 0.774. The summed E-state index contributed by atoms with van der Waals surface area (Å²) in [6.07, 6.45) is 8.25. The molecule has 72 valence electrons. The van der Waals surface area contributed by atoms with Crippen LogP contribution < -0.4 is 0 Å². The Morgan fingerprint density at radius 2 is 1.69 bits per heavy atom. The molecule has 1 heterocycles. The summed E-state index contributed by atoms with van der Waals surface area (Å²) in [6.45, 7) is 0. The highest BCUT2D eigenvalue weighted by Gasteiger charge is 2.72. The third-order valence-corrected chi connectivity index (χ3v) is 4.62. The fourth-order valence-electron chi connectivity index (χ4n) is 3.35. The van der Waals surface area contributed by atoms with Gasteiger partial charge in [0, 0.05) is 5.41 Å². The first kappa shape index (κ1) is 7.24. The minimum Gasteiger partial charge on any atom is -0.390 e. The van der Waals surface area contributed by atoms with Crippen molar-refractivity contribution in [1.29, 1.82) is 0 Å². The Hall–Kier alpha value is -0.0800. The molecule has 2 heteroatoms. The van der Waals surface area contributed by atoms with E-state index in [2.05, 4.69) is 0 Å². The Balaban J connectivity index is 1.73. The third-order valence-electron chi connectivity index (χ3n) is 4.62. The fourth-order valence-corrected chi connectivity index (χ4v) is 3.35. The van der Waals surface area contributed by atoms with Crippen LogP contribution in [0.2, 0.25) is 0 Å². The predicted octanol–water partition coefficient (Wildman–Crippen LogP) is 1.61. The topological polar surface area (TPSA) is 29.5 Å². The minimum absolute atomic E-state index is 0.0642. The van der Waals surface area contributed by atoms with E-state index in [-0.39, 0.29) is 17.3 Å². The largest absolute Gasteiger partial charge is 0.390 e. The van der Waals surface area contributed by atoms with E-state index in [0.29, 0.717) is 5.41 Å². The van der Waals surface area contributed by atoms with Crippen LogP contribution in [0.5, 0.6) is 0 Å². The van der Waals surface area contributed by atoms with Crippen LogP contribution in [0, 0.1) is 5.41 Å². The normalized spacial score (nSPS) is 45.5. The lowest BCUT2D eigenvalue weighted by Gasteiger charge is -2.41. The van der Waals surface area contributed by atoms with E-state index >= 15 is 0 Å². The first-order chi connectivity index (χ1) is 6.19. The van der Waals surface area contributed by atoms with Crippen LogP contribution >= 0.6 is 0 Å². The summed E-state index contributed by atoms with van der Waals surface area (Å²) in [4.78, 5) is 0. The average Bonchev–Trinajstić information content (AvgIpc) is 2.90. The minimum atomic E-state index is -0.133. The second-order valence-corrected chi connectivity index (χ2v) is 5.79. The molecule has 1 aliphatic heterocycles. The van der Waals surface area contributed by atoms with Gasteiger partial charge in [-0.25, -0.2) is 0 Å². The second kappa shape index (κ2) is 1.70. The van der Waals surface area contributed by atoms with Gasteiger partial charge in [0.15, 0.2) is 0 Å². The molecule has 2 nitrogen and oxygen atoms in total. The maximum Gasteiger partial charge on any atom is 0.0955 e. The van der Waals surface area contributed by atoms with E-state index in [9.17, 15) is 5.11 Å². The highest BCUT2D eigenvalue weighted by atomic mass is 16.6. The molecule has 4 fully saturated rings. The molecule has 1 saturated heterocycles. The van der Waals surface area contributed by atoms with Crippen LogP contribution in [-0.4, -0.2) is 22.4 Å². The Bertz CT molecular complexity index is 248. The lowest BCUT2D eigenvalue weighted by molar-refractivity contribution is -0.181. The van der Waals surface area contributed by atoms with Crippen LogP contribution in [0.25, 0.3) is 0 Å². The second-order valence-electron chi connectivity index (χ2n) is 5.79. The number of hydrogen-bond donors (Lipinski definition) is 1. The molecule has 3 saturated carbocycles. The molecule has 4 aliphatic rings. The SMILES string of the molecule is O[C@@H]1C2(CC2)CC2(CC2)OC12CC2. The van der Waals surface area contributed by atoms with Crippen LogP contribution in [0.15, 0.2) is 0 Å². The van der Waals surface area contributed by atoms with Crippen molar-refractivity contribution in [2.75, 3.05) is 0 Å². The molecule has 1 atom stereocenters. The molecule has 0 bridgehead atoms. The van der Waals surface area contributed by atoms with Gasteiger partial charge in [-0.05, 0) is 44.9 Å². The molecule has 3 spiro atoms. The smallest absolute Gasteiger partial charge is 0.0955 e. The monoisotopic (exact) mass is 180 g/mol. The van der Waals surface area contributed by atoms with Gasteiger partial charge in [-0.2, -0.15) is 0 Å². The Kier molecular flexibility index (Phi) is 0.947. The lowest BCUT2D eigenvalue weighted by atomic mass is 9.83. The van der Waals surface area contributed by atoms with Crippen LogP contribution in [0.1, 0.15) is 44.9 Å². The van der Waals surface area contributed by atoms with Crippen molar-refractivity contribution in [3.63, 3.8) is 0 Å². The molecule has 0 aromatic rings. The quantitative estimate of drug-likeness (QED) is 0.613. The van der Waals surface area contributed by atoms with Gasteiger partial charge in [-0.3, -0.25) is 0 Å². The number of rotatable bonds is 0. The Morgan fingerprint density at radius 3 is 2.15 bits per heavy atom. The summed E-state index contributed by atoms with van der Waals surface area (Å²) in [5.41, 5.74) is 0.489. The first-order valence-corrected chi connectivity index (χ1v) is 5.57. The van der Waals surface area contributed by atoms with Crippen molar-refractivity contribution in [2.24, 2.45) is 5.41 Å². The Labute approximate surface area is 78.3 Å². The van der Waals surface area contributed by atoms with Crippen molar-refractivity contribution in [1.82, 2.24) is 0 Å². The molecule has 4 rings (SSSR count). The Morgan fingerprint density at radius 1 is 1.00 bits per heavy atom. The highest BCUT2D eigenvalue weighted by Crippen LogP contribution is 2.70. The van der Waals surface area contributed by atoms with Crippen molar-refractivity contribution in [2.45, 2.75) is 62.3 Å². The highest BCUT2D eigenvalue weighted by molar-refractivity contribution is 5.22. The van der Waals surface area contributed by atoms with Crippen LogP contribution in [-0.2, 0) is 4.74 Å². The molecular weight excluding hydrogens is 164 g/mol. The van der Waals surface area contributed by atoms with Crippen molar-refractivity contribution in [3.05, 3.63) is 0 Å². The zero-order valence-electron chi connectivity index (χ0n) is 7.88. The van der Waals surface area contributed by atoms with E-state index in [4.69, 9.17) is 4.74 Å². The molecule has 0 unspecified atom stereocenters. The molecule has 0 aromatic heterocycles. The van der Waals surface area contributed by atoms with Crippen LogP contribution in [0.4, 0.5) is 0 Å². The molecule has 13 heavy (non-hydrogen) atoms. The van der Waals surface area contributed by atoms with Crippen molar-refractivity contribution < 1.29 is 9.84 Å². The van der Waals surface area contributed by atoms with Crippen molar-refractivity contribution in [3.8, 4) is 0 Å². The first-order valence-electron chi connectivity index (χ1n) is 5.57. The summed E-state index contributed by atoms with van der Waals surface area (Å²) >= 11 is 0. The lowest BCUT2D eigenvalue weighted by Crippen LogP contribution is -2.49. The van der Waals surface area contributed by atoms with Crippen molar-refractivity contribution >= 4 is 0 Å². The summed E-state index contributed by atoms with van der Waals surface area (Å²) in [6, 6.07) is 0. The summed E-state index contributed by atoms with van der Waals surface area (Å²) in [5.74, 6) is 0. The van der Waals surface area contributed by atoms with Gasteiger partial charge < -0.3 is 9.84 Å². The fraction of sp³-hybridized carbons (Fsp3) is 1.00. The molecule has 1 N–H and O–H groups in total. The molecule has 0 aromatic carbocycles. The van der Waals surface area contributed by atoms with E-state index in [1.54, 1.807) is 0 Å². The average molecular weight is 180 g/mol. The molecule has 0 amide bonds. The van der Waals surface area contributed by atoms with Gasteiger partial charge in [-0.15, -0.1) is 0 Å². The molecule has 3 aliphatic carbocycles. The zero-order valence-corrected chi connectivity index (χ0v) is 7.88. The summed E-state index contributed by atoms with van der Waals surface area (Å²) in [5, 5.41) is 10.2. The predicted molar refractivity (Wildman–Crippen MR) is 47.3 cm³/mol. The maximum atomic E-state index is 10.2. The van der Waals surface area contributed by atoms with E-state index < -0.39 is 0 Å². The van der Waals surface area contributed by atoms with Gasteiger partial charge in [0.2, 0.25) is 0 Å². The van der Waals surface area contributed by atoms with E-state index in [1.165, 1.54) is 25.7 Å². The number of aliphatic hydroxyl groups is 1. The van der Waals surface area contributed by atoms with Gasteiger partial charge in [-0.1, -0.05) is 0 Å². The van der Waals surface area contributed by atoms with Gasteiger partial charge in [0.25, 0.3) is 0 Å². The molecule has 0 radical (unpaired) electrons. The summed E-state index contributed by atoms with van der Waals surface area (Å²) in [7, 11) is 0. The maximum absolute atomic E-state index is 10.2. The van der Waals surface area contributed by atoms with Crippen LogP contribution in [0.3, 0.4) is 0 Å². The summed E-state index contributed by atoms with van der Waals surface area (Å²) < 4.78 is 6.12. The van der Waals surface area contributed by atoms with Gasteiger partial charge in [0.1, 0.15) is 0 Å².